The van der Waals surface area contributed by atoms with Crippen LogP contribution in [0, 0.1) is 0 Å². The molecule has 21 heavy (non-hydrogen) atoms. The standard InChI is InChI=1S/C13H15N3O4S/c17-12-7-16(8-13(18)15-12)21(19,20)10-4-3-9-2-1-5-14-11(9)6-10/h3-4,6,14H,1-2,5,7-8H2,(H,15,17,18). The number of hydrogen-bond acceptors (Lipinski definition) is 5. The van der Waals surface area contributed by atoms with Gasteiger partial charge in [-0.1, -0.05) is 6.07 Å². The van der Waals surface area contributed by atoms with E-state index in [9.17, 15) is 18.0 Å². The summed E-state index contributed by atoms with van der Waals surface area (Å²) in [7, 11) is -3.85. The maximum absolute atomic E-state index is 12.5. The molecular formula is C13H15N3O4S. The molecule has 2 heterocycles. The van der Waals surface area contributed by atoms with E-state index in [-0.39, 0.29) is 18.0 Å². The first kappa shape index (κ1) is 14.0. The summed E-state index contributed by atoms with van der Waals surface area (Å²) in [6.07, 6.45) is 1.92. The average Bonchev–Trinajstić information content (AvgIpc) is 2.45. The number of sulfonamides is 1. The molecular weight excluding hydrogens is 294 g/mol. The van der Waals surface area contributed by atoms with E-state index in [2.05, 4.69) is 10.6 Å². The summed E-state index contributed by atoms with van der Waals surface area (Å²) in [4.78, 5) is 22.8. The Morgan fingerprint density at radius 3 is 2.52 bits per heavy atom. The van der Waals surface area contributed by atoms with Crippen LogP contribution in [-0.4, -0.2) is 44.2 Å². The Morgan fingerprint density at radius 2 is 1.81 bits per heavy atom. The summed E-state index contributed by atoms with van der Waals surface area (Å²) in [6, 6.07) is 4.87. The molecule has 1 saturated heterocycles. The first-order valence-electron chi connectivity index (χ1n) is 6.66. The molecule has 2 amide bonds. The number of carbonyl (C=O) groups is 2. The van der Waals surface area contributed by atoms with Crippen LogP contribution in [0.2, 0.25) is 0 Å². The van der Waals surface area contributed by atoms with Gasteiger partial charge in [-0.15, -0.1) is 0 Å². The second-order valence-corrected chi connectivity index (χ2v) is 7.03. The summed E-state index contributed by atoms with van der Waals surface area (Å²) in [5, 5.41) is 5.25. The number of nitrogens with one attached hydrogen (secondary N) is 2. The van der Waals surface area contributed by atoms with E-state index in [1.165, 1.54) is 6.07 Å². The molecule has 1 fully saturated rings. The molecule has 0 unspecified atom stereocenters. The highest BCUT2D eigenvalue weighted by Crippen LogP contribution is 2.27. The third-order valence-electron chi connectivity index (χ3n) is 3.58. The van der Waals surface area contributed by atoms with E-state index in [4.69, 9.17) is 0 Å². The van der Waals surface area contributed by atoms with Crippen LogP contribution in [0.3, 0.4) is 0 Å². The molecule has 0 aliphatic carbocycles. The molecule has 0 aromatic heterocycles. The number of amides is 2. The van der Waals surface area contributed by atoms with Crippen molar-refractivity contribution in [1.29, 1.82) is 0 Å². The molecule has 7 nitrogen and oxygen atoms in total. The molecule has 2 aliphatic rings. The highest BCUT2D eigenvalue weighted by molar-refractivity contribution is 7.89. The van der Waals surface area contributed by atoms with Crippen molar-refractivity contribution in [2.45, 2.75) is 17.7 Å². The number of fused-ring (bicyclic) bond motifs is 1. The molecule has 0 bridgehead atoms. The zero-order chi connectivity index (χ0) is 15.0. The normalized spacial score (nSPS) is 19.6. The van der Waals surface area contributed by atoms with Gasteiger partial charge >= 0.3 is 0 Å². The van der Waals surface area contributed by atoms with E-state index >= 15 is 0 Å². The molecule has 3 rings (SSSR count). The van der Waals surface area contributed by atoms with Crippen molar-refractivity contribution in [1.82, 2.24) is 9.62 Å². The van der Waals surface area contributed by atoms with Crippen molar-refractivity contribution >= 4 is 27.5 Å². The number of imide groups is 1. The summed E-state index contributed by atoms with van der Waals surface area (Å²) in [6.45, 7) is 0.137. The molecule has 1 aromatic carbocycles. The fraction of sp³-hybridized carbons (Fsp3) is 0.385. The fourth-order valence-corrected chi connectivity index (χ4v) is 3.91. The first-order chi connectivity index (χ1) is 9.96. The van der Waals surface area contributed by atoms with E-state index in [0.717, 1.165) is 34.9 Å². The fourth-order valence-electron chi connectivity index (χ4n) is 2.53. The summed E-state index contributed by atoms with van der Waals surface area (Å²) >= 11 is 0. The van der Waals surface area contributed by atoms with Crippen LogP contribution in [0.25, 0.3) is 0 Å². The van der Waals surface area contributed by atoms with Gasteiger partial charge in [-0.25, -0.2) is 8.42 Å². The zero-order valence-electron chi connectivity index (χ0n) is 11.3. The summed E-state index contributed by atoms with van der Waals surface area (Å²) in [5.74, 6) is -1.21. The predicted octanol–water partition coefficient (Wildman–Crippen LogP) is -0.308. The number of benzene rings is 1. The van der Waals surface area contributed by atoms with E-state index in [1.807, 2.05) is 0 Å². The van der Waals surface area contributed by atoms with Gasteiger partial charge in [0.25, 0.3) is 0 Å². The maximum Gasteiger partial charge on any atom is 0.244 e. The van der Waals surface area contributed by atoms with Crippen LogP contribution in [0.4, 0.5) is 5.69 Å². The molecule has 0 saturated carbocycles. The van der Waals surface area contributed by atoms with Gasteiger partial charge in [-0.05, 0) is 30.5 Å². The minimum Gasteiger partial charge on any atom is -0.385 e. The molecule has 0 atom stereocenters. The van der Waals surface area contributed by atoms with Gasteiger partial charge < -0.3 is 5.32 Å². The Hall–Kier alpha value is -1.93. The van der Waals surface area contributed by atoms with E-state index < -0.39 is 21.8 Å². The lowest BCUT2D eigenvalue weighted by Gasteiger charge is -2.25. The van der Waals surface area contributed by atoms with Gasteiger partial charge in [0.1, 0.15) is 0 Å². The first-order valence-corrected chi connectivity index (χ1v) is 8.10. The summed E-state index contributed by atoms with van der Waals surface area (Å²) in [5.41, 5.74) is 1.88. The number of hydrogen-bond donors (Lipinski definition) is 2. The summed E-state index contributed by atoms with van der Waals surface area (Å²) < 4.78 is 26.0. The van der Waals surface area contributed by atoms with Crippen molar-refractivity contribution in [3.63, 3.8) is 0 Å². The Morgan fingerprint density at radius 1 is 1.10 bits per heavy atom. The molecule has 2 aliphatic heterocycles. The van der Waals surface area contributed by atoms with Gasteiger partial charge in [0, 0.05) is 12.2 Å². The monoisotopic (exact) mass is 309 g/mol. The molecule has 112 valence electrons. The van der Waals surface area contributed by atoms with Crippen LogP contribution in [0.1, 0.15) is 12.0 Å². The second kappa shape index (κ2) is 5.12. The Kier molecular flexibility index (Phi) is 3.42. The minimum absolute atomic E-state index is 0.0955. The van der Waals surface area contributed by atoms with Crippen molar-refractivity contribution in [2.24, 2.45) is 0 Å². The van der Waals surface area contributed by atoms with Gasteiger partial charge in [-0.3, -0.25) is 14.9 Å². The quantitative estimate of drug-likeness (QED) is 0.731. The zero-order valence-corrected chi connectivity index (χ0v) is 12.1. The highest BCUT2D eigenvalue weighted by atomic mass is 32.2. The average molecular weight is 309 g/mol. The Balaban J connectivity index is 1.94. The third-order valence-corrected chi connectivity index (χ3v) is 5.36. The number of piperazine rings is 1. The Bertz CT molecular complexity index is 698. The third kappa shape index (κ3) is 2.64. The predicted molar refractivity (Wildman–Crippen MR) is 75.2 cm³/mol. The van der Waals surface area contributed by atoms with Crippen LogP contribution < -0.4 is 10.6 Å². The molecule has 1 aromatic rings. The SMILES string of the molecule is O=C1CN(S(=O)(=O)c2ccc3c(c2)NCCC3)CC(=O)N1. The number of rotatable bonds is 2. The lowest BCUT2D eigenvalue weighted by Crippen LogP contribution is -2.53. The molecule has 2 N–H and O–H groups in total. The smallest absolute Gasteiger partial charge is 0.244 e. The van der Waals surface area contributed by atoms with Crippen LogP contribution in [0.5, 0.6) is 0 Å². The van der Waals surface area contributed by atoms with Gasteiger partial charge in [0.15, 0.2) is 0 Å². The van der Waals surface area contributed by atoms with Crippen LogP contribution >= 0.6 is 0 Å². The van der Waals surface area contributed by atoms with Crippen LogP contribution in [0.15, 0.2) is 23.1 Å². The number of anilines is 1. The number of aryl methyl sites for hydroxylation is 1. The Labute approximate surface area is 122 Å². The highest BCUT2D eigenvalue weighted by Gasteiger charge is 2.33. The van der Waals surface area contributed by atoms with Gasteiger partial charge in [0.05, 0.1) is 18.0 Å². The second-order valence-electron chi connectivity index (χ2n) is 5.09. The van der Waals surface area contributed by atoms with Crippen molar-refractivity contribution in [2.75, 3.05) is 25.0 Å². The van der Waals surface area contributed by atoms with E-state index in [1.54, 1.807) is 12.1 Å². The lowest BCUT2D eigenvalue weighted by molar-refractivity contribution is -0.134. The topological polar surface area (TPSA) is 95.6 Å². The van der Waals surface area contributed by atoms with Gasteiger partial charge in [0.2, 0.25) is 21.8 Å². The largest absolute Gasteiger partial charge is 0.385 e. The lowest BCUT2D eigenvalue weighted by atomic mass is 10.0. The van der Waals surface area contributed by atoms with Crippen molar-refractivity contribution in [3.8, 4) is 0 Å². The number of nitrogens with zero attached hydrogens (tertiary/aromatic N) is 1. The molecule has 0 spiro atoms. The van der Waals surface area contributed by atoms with Gasteiger partial charge in [-0.2, -0.15) is 4.31 Å². The number of carbonyl (C=O) groups excluding carboxylic acids is 2. The minimum atomic E-state index is -3.85. The van der Waals surface area contributed by atoms with Crippen molar-refractivity contribution in [3.05, 3.63) is 23.8 Å². The van der Waals surface area contributed by atoms with Crippen LogP contribution in [-0.2, 0) is 26.0 Å². The maximum atomic E-state index is 12.5. The molecule has 8 heteroatoms. The molecule has 0 radical (unpaired) electrons. The van der Waals surface area contributed by atoms with Crippen molar-refractivity contribution < 1.29 is 18.0 Å². The van der Waals surface area contributed by atoms with E-state index in [0.29, 0.717) is 0 Å².